The average molecular weight is 345 g/mol. The predicted molar refractivity (Wildman–Crippen MR) is 101 cm³/mol. The molecule has 1 saturated carbocycles. The number of benzene rings is 1. The summed E-state index contributed by atoms with van der Waals surface area (Å²) in [7, 11) is 0. The number of aliphatic hydroxyl groups is 1. The number of hydrogen-bond acceptors (Lipinski definition) is 3. The fourth-order valence-corrected chi connectivity index (χ4v) is 3.77. The second-order valence-corrected chi connectivity index (χ2v) is 7.12. The zero-order valence-corrected chi connectivity index (χ0v) is 15.2. The lowest BCUT2D eigenvalue weighted by molar-refractivity contribution is 0.0925. The van der Waals surface area contributed by atoms with Crippen LogP contribution in [0.4, 0.5) is 0 Å². The van der Waals surface area contributed by atoms with Crippen molar-refractivity contribution in [2.24, 2.45) is 10.9 Å². The Labute approximate surface area is 150 Å². The van der Waals surface area contributed by atoms with Crippen molar-refractivity contribution in [2.75, 3.05) is 19.7 Å². The third kappa shape index (κ3) is 5.19. The molecule has 1 saturated heterocycles. The summed E-state index contributed by atoms with van der Waals surface area (Å²) in [6.45, 7) is 4.52. The molecule has 0 bridgehead atoms. The fraction of sp³-hybridized carbons (Fsp3) is 0.650. The Morgan fingerprint density at radius 2 is 1.92 bits per heavy atom. The van der Waals surface area contributed by atoms with Gasteiger partial charge < -0.3 is 20.5 Å². The highest BCUT2D eigenvalue weighted by Gasteiger charge is 2.29. The molecule has 3 rings (SSSR count). The van der Waals surface area contributed by atoms with Crippen LogP contribution in [-0.2, 0) is 4.74 Å². The van der Waals surface area contributed by atoms with Gasteiger partial charge in [-0.2, -0.15) is 0 Å². The van der Waals surface area contributed by atoms with E-state index in [1.165, 1.54) is 5.56 Å². The van der Waals surface area contributed by atoms with Gasteiger partial charge in [0.05, 0.1) is 12.2 Å². The summed E-state index contributed by atoms with van der Waals surface area (Å²) in [6.07, 6.45) is 4.85. The summed E-state index contributed by atoms with van der Waals surface area (Å²) in [5.41, 5.74) is 1.25. The summed E-state index contributed by atoms with van der Waals surface area (Å²) in [4.78, 5) is 4.84. The highest BCUT2D eigenvalue weighted by atomic mass is 16.5. The zero-order chi connectivity index (χ0) is 17.5. The van der Waals surface area contributed by atoms with E-state index in [4.69, 9.17) is 9.73 Å². The van der Waals surface area contributed by atoms with Crippen LogP contribution in [0.3, 0.4) is 0 Å². The lowest BCUT2D eigenvalue weighted by Crippen LogP contribution is -2.45. The summed E-state index contributed by atoms with van der Waals surface area (Å²) >= 11 is 0. The third-order valence-electron chi connectivity index (χ3n) is 5.21. The summed E-state index contributed by atoms with van der Waals surface area (Å²) in [6, 6.07) is 10.9. The molecule has 5 nitrogen and oxygen atoms in total. The van der Waals surface area contributed by atoms with Gasteiger partial charge in [0.15, 0.2) is 5.96 Å². The van der Waals surface area contributed by atoms with E-state index in [0.717, 1.165) is 57.8 Å². The average Bonchev–Trinajstić information content (AvgIpc) is 3.11. The molecule has 1 aliphatic heterocycles. The molecule has 1 aliphatic carbocycles. The van der Waals surface area contributed by atoms with Crippen molar-refractivity contribution in [3.63, 3.8) is 0 Å². The van der Waals surface area contributed by atoms with Gasteiger partial charge in [0.25, 0.3) is 0 Å². The van der Waals surface area contributed by atoms with Crippen LogP contribution in [0.25, 0.3) is 0 Å². The Kier molecular flexibility index (Phi) is 6.70. The van der Waals surface area contributed by atoms with Gasteiger partial charge in [-0.05, 0) is 44.6 Å². The second kappa shape index (κ2) is 9.20. The SMILES string of the molecule is CCNC(=NCC1CCOC1c1ccccc1)NC1CCC(O)CC1. The van der Waals surface area contributed by atoms with E-state index in [1.807, 2.05) is 6.07 Å². The molecular formula is C20H31N3O2. The molecule has 0 radical (unpaired) electrons. The molecule has 1 aromatic carbocycles. The molecule has 3 N–H and O–H groups in total. The zero-order valence-electron chi connectivity index (χ0n) is 15.2. The maximum Gasteiger partial charge on any atom is 0.191 e. The number of nitrogens with one attached hydrogen (secondary N) is 2. The molecule has 2 fully saturated rings. The van der Waals surface area contributed by atoms with Gasteiger partial charge in [0, 0.05) is 31.7 Å². The molecule has 25 heavy (non-hydrogen) atoms. The van der Waals surface area contributed by atoms with E-state index in [9.17, 15) is 5.11 Å². The molecule has 1 heterocycles. The van der Waals surface area contributed by atoms with Crippen LogP contribution in [0.15, 0.2) is 35.3 Å². The van der Waals surface area contributed by atoms with E-state index >= 15 is 0 Å². The standard InChI is InChI=1S/C20H31N3O2/c1-2-21-20(23-17-8-10-18(24)11-9-17)22-14-16-12-13-25-19(16)15-6-4-3-5-7-15/h3-7,16-19,24H,2,8-14H2,1H3,(H2,21,22,23). The van der Waals surface area contributed by atoms with Crippen molar-refractivity contribution in [1.82, 2.24) is 10.6 Å². The quantitative estimate of drug-likeness (QED) is 0.567. The summed E-state index contributed by atoms with van der Waals surface area (Å²) < 4.78 is 5.97. The van der Waals surface area contributed by atoms with Gasteiger partial charge in [0.1, 0.15) is 0 Å². The molecule has 0 spiro atoms. The molecule has 2 atom stereocenters. The van der Waals surface area contributed by atoms with E-state index < -0.39 is 0 Å². The van der Waals surface area contributed by atoms with Crippen LogP contribution < -0.4 is 10.6 Å². The maximum atomic E-state index is 9.66. The molecule has 0 aromatic heterocycles. The number of guanidine groups is 1. The van der Waals surface area contributed by atoms with E-state index in [-0.39, 0.29) is 12.2 Å². The van der Waals surface area contributed by atoms with Crippen molar-refractivity contribution in [3.05, 3.63) is 35.9 Å². The highest BCUT2D eigenvalue weighted by molar-refractivity contribution is 5.80. The van der Waals surface area contributed by atoms with Crippen LogP contribution in [0.5, 0.6) is 0 Å². The number of aliphatic hydroxyl groups excluding tert-OH is 1. The van der Waals surface area contributed by atoms with Crippen LogP contribution in [0.2, 0.25) is 0 Å². The topological polar surface area (TPSA) is 65.9 Å². The lowest BCUT2D eigenvalue weighted by Gasteiger charge is -2.28. The van der Waals surface area contributed by atoms with Crippen LogP contribution in [0.1, 0.15) is 50.7 Å². The second-order valence-electron chi connectivity index (χ2n) is 7.12. The first-order chi connectivity index (χ1) is 12.3. The Morgan fingerprint density at radius 3 is 2.64 bits per heavy atom. The first-order valence-corrected chi connectivity index (χ1v) is 9.65. The van der Waals surface area contributed by atoms with Crippen molar-refractivity contribution in [3.8, 4) is 0 Å². The Hall–Kier alpha value is -1.59. The van der Waals surface area contributed by atoms with Gasteiger partial charge >= 0.3 is 0 Å². The van der Waals surface area contributed by atoms with E-state index in [1.54, 1.807) is 0 Å². The molecular weight excluding hydrogens is 314 g/mol. The number of rotatable bonds is 5. The van der Waals surface area contributed by atoms with Gasteiger partial charge in [0.2, 0.25) is 0 Å². The monoisotopic (exact) mass is 345 g/mol. The van der Waals surface area contributed by atoms with Crippen molar-refractivity contribution < 1.29 is 9.84 Å². The Bertz CT molecular complexity index is 541. The first kappa shape index (κ1) is 18.2. The van der Waals surface area contributed by atoms with E-state index in [0.29, 0.717) is 12.0 Å². The minimum Gasteiger partial charge on any atom is -0.393 e. The van der Waals surface area contributed by atoms with Crippen molar-refractivity contribution in [1.29, 1.82) is 0 Å². The normalized spacial score (nSPS) is 30.2. The van der Waals surface area contributed by atoms with Gasteiger partial charge in [-0.15, -0.1) is 0 Å². The molecule has 2 aliphatic rings. The lowest BCUT2D eigenvalue weighted by atomic mass is 9.93. The number of nitrogens with zero attached hydrogens (tertiary/aromatic N) is 1. The predicted octanol–water partition coefficient (Wildman–Crippen LogP) is 2.62. The Balaban J connectivity index is 1.58. The largest absolute Gasteiger partial charge is 0.393 e. The van der Waals surface area contributed by atoms with E-state index in [2.05, 4.69) is 41.8 Å². The minimum absolute atomic E-state index is 0.125. The molecule has 5 heteroatoms. The number of ether oxygens (including phenoxy) is 1. The van der Waals surface area contributed by atoms with Crippen molar-refractivity contribution in [2.45, 2.75) is 57.3 Å². The van der Waals surface area contributed by atoms with Gasteiger partial charge in [-0.1, -0.05) is 30.3 Å². The summed E-state index contributed by atoms with van der Waals surface area (Å²) in [5, 5.41) is 16.6. The van der Waals surface area contributed by atoms with Crippen molar-refractivity contribution >= 4 is 5.96 Å². The molecule has 1 aromatic rings. The first-order valence-electron chi connectivity index (χ1n) is 9.65. The minimum atomic E-state index is -0.125. The number of aliphatic imine (C=N–C) groups is 1. The van der Waals surface area contributed by atoms with Crippen LogP contribution in [0, 0.1) is 5.92 Å². The van der Waals surface area contributed by atoms with Crippen LogP contribution in [-0.4, -0.2) is 42.9 Å². The number of hydrogen-bond donors (Lipinski definition) is 3. The third-order valence-corrected chi connectivity index (χ3v) is 5.21. The molecule has 138 valence electrons. The molecule has 2 unspecified atom stereocenters. The maximum absolute atomic E-state index is 9.66. The molecule has 0 amide bonds. The highest BCUT2D eigenvalue weighted by Crippen LogP contribution is 2.34. The smallest absolute Gasteiger partial charge is 0.191 e. The van der Waals surface area contributed by atoms with Crippen LogP contribution >= 0.6 is 0 Å². The summed E-state index contributed by atoms with van der Waals surface area (Å²) in [5.74, 6) is 1.31. The fourth-order valence-electron chi connectivity index (χ4n) is 3.77. The van der Waals surface area contributed by atoms with Gasteiger partial charge in [-0.25, -0.2) is 0 Å². The van der Waals surface area contributed by atoms with Gasteiger partial charge in [-0.3, -0.25) is 4.99 Å². The Morgan fingerprint density at radius 1 is 1.16 bits per heavy atom.